The smallest absolute Gasteiger partial charge is 0.137 e. The van der Waals surface area contributed by atoms with E-state index >= 15 is 0 Å². The van der Waals surface area contributed by atoms with Crippen LogP contribution in [0.1, 0.15) is 6.92 Å². The normalized spacial score (nSPS) is 10.7. The molecule has 2 rings (SSSR count). The lowest BCUT2D eigenvalue weighted by Gasteiger charge is -2.03. The predicted octanol–water partition coefficient (Wildman–Crippen LogP) is 3.02. The van der Waals surface area contributed by atoms with Crippen LogP contribution in [0.5, 0.6) is 5.75 Å². The summed E-state index contributed by atoms with van der Waals surface area (Å²) in [6.07, 6.45) is 0. The van der Waals surface area contributed by atoms with Gasteiger partial charge in [-0.3, -0.25) is 0 Å². The van der Waals surface area contributed by atoms with Gasteiger partial charge in [0.15, 0.2) is 0 Å². The third-order valence-electron chi connectivity index (χ3n) is 1.94. The van der Waals surface area contributed by atoms with Crippen LogP contribution in [0.2, 0.25) is 0 Å². The molecule has 0 spiro atoms. The lowest BCUT2D eigenvalue weighted by Crippen LogP contribution is -1.92. The van der Waals surface area contributed by atoms with Gasteiger partial charge in [-0.05, 0) is 13.0 Å². The molecule has 0 aliphatic heterocycles. The Morgan fingerprint density at radius 3 is 3.00 bits per heavy atom. The number of anilines is 1. The van der Waals surface area contributed by atoms with Gasteiger partial charge in [0.2, 0.25) is 0 Å². The van der Waals surface area contributed by atoms with Crippen molar-refractivity contribution in [2.75, 3.05) is 12.3 Å². The van der Waals surface area contributed by atoms with E-state index in [2.05, 4.69) is 0 Å². The molecule has 0 saturated heterocycles. The minimum absolute atomic E-state index is 0.315. The number of nitrogens with two attached hydrogens (primary N) is 1. The summed E-state index contributed by atoms with van der Waals surface area (Å²) < 4.78 is 19.6. The second kappa shape index (κ2) is 3.46. The van der Waals surface area contributed by atoms with Crippen molar-refractivity contribution < 1.29 is 9.13 Å². The van der Waals surface area contributed by atoms with E-state index in [1.807, 2.05) is 13.0 Å². The van der Waals surface area contributed by atoms with Crippen LogP contribution in [0.4, 0.5) is 10.1 Å². The molecule has 2 aromatic rings. The molecular weight excluding hydrogens is 201 g/mol. The van der Waals surface area contributed by atoms with Crippen LogP contribution < -0.4 is 10.5 Å². The second-order valence-electron chi connectivity index (χ2n) is 2.90. The summed E-state index contributed by atoms with van der Waals surface area (Å²) in [6, 6.07) is 3.18. The number of halogens is 1. The molecule has 0 atom stereocenters. The molecule has 0 bridgehead atoms. The highest BCUT2D eigenvalue weighted by Crippen LogP contribution is 2.33. The third-order valence-corrected chi connectivity index (χ3v) is 2.89. The maximum atomic E-state index is 13.5. The van der Waals surface area contributed by atoms with Crippen molar-refractivity contribution in [2.45, 2.75) is 6.92 Å². The Labute approximate surface area is 85.1 Å². The predicted molar refractivity (Wildman–Crippen MR) is 57.4 cm³/mol. The number of hydrogen-bond acceptors (Lipinski definition) is 3. The van der Waals surface area contributed by atoms with Gasteiger partial charge in [-0.2, -0.15) is 0 Å². The molecule has 2 nitrogen and oxygen atoms in total. The van der Waals surface area contributed by atoms with E-state index in [9.17, 15) is 4.39 Å². The number of hydrogen-bond donors (Lipinski definition) is 1. The molecule has 74 valence electrons. The number of rotatable bonds is 2. The van der Waals surface area contributed by atoms with Crippen LogP contribution in [-0.2, 0) is 0 Å². The molecular formula is C10H10FNOS. The van der Waals surface area contributed by atoms with E-state index < -0.39 is 0 Å². The summed E-state index contributed by atoms with van der Waals surface area (Å²) in [5.74, 6) is 0.240. The van der Waals surface area contributed by atoms with Gasteiger partial charge >= 0.3 is 0 Å². The van der Waals surface area contributed by atoms with Crippen LogP contribution in [0.3, 0.4) is 0 Å². The zero-order valence-electron chi connectivity index (χ0n) is 7.71. The van der Waals surface area contributed by atoms with Gasteiger partial charge in [-0.25, -0.2) is 4.39 Å². The molecule has 1 heterocycles. The number of ether oxygens (including phenoxy) is 1. The van der Waals surface area contributed by atoms with Crippen molar-refractivity contribution in [1.29, 1.82) is 0 Å². The monoisotopic (exact) mass is 211 g/mol. The molecule has 0 amide bonds. The Morgan fingerprint density at radius 2 is 2.29 bits per heavy atom. The average molecular weight is 211 g/mol. The van der Waals surface area contributed by atoms with Crippen molar-refractivity contribution in [3.8, 4) is 5.75 Å². The van der Waals surface area contributed by atoms with Crippen molar-refractivity contribution in [3.63, 3.8) is 0 Å². The molecule has 4 heteroatoms. The fourth-order valence-electron chi connectivity index (χ4n) is 1.37. The van der Waals surface area contributed by atoms with Crippen LogP contribution >= 0.6 is 11.3 Å². The third kappa shape index (κ3) is 1.42. The van der Waals surface area contributed by atoms with Gasteiger partial charge < -0.3 is 10.5 Å². The maximum Gasteiger partial charge on any atom is 0.137 e. The number of fused-ring (bicyclic) bond motifs is 1. The first-order valence-corrected chi connectivity index (χ1v) is 5.19. The molecule has 0 aliphatic rings. The molecule has 0 aliphatic carbocycles. The Hall–Kier alpha value is -1.29. The molecule has 1 aromatic carbocycles. The Bertz CT molecular complexity index is 466. The first-order valence-electron chi connectivity index (χ1n) is 4.31. The van der Waals surface area contributed by atoms with Gasteiger partial charge in [0.1, 0.15) is 11.6 Å². The Morgan fingerprint density at radius 1 is 1.50 bits per heavy atom. The standard InChI is InChI=1S/C10H10FNOS/c1-2-13-6-3-7(11)10-8(12)5-14-9(10)4-6/h3-5H,2,12H2,1H3. The summed E-state index contributed by atoms with van der Waals surface area (Å²) in [5.41, 5.74) is 6.12. The molecule has 0 radical (unpaired) electrons. The quantitative estimate of drug-likeness (QED) is 0.828. The summed E-state index contributed by atoms with van der Waals surface area (Å²) in [6.45, 7) is 2.40. The molecule has 0 unspecified atom stereocenters. The highest BCUT2D eigenvalue weighted by Gasteiger charge is 2.09. The van der Waals surface area contributed by atoms with Crippen molar-refractivity contribution in [3.05, 3.63) is 23.3 Å². The fourth-order valence-corrected chi connectivity index (χ4v) is 2.26. The van der Waals surface area contributed by atoms with Crippen LogP contribution in [-0.4, -0.2) is 6.61 Å². The van der Waals surface area contributed by atoms with E-state index in [1.54, 1.807) is 5.38 Å². The largest absolute Gasteiger partial charge is 0.494 e. The number of benzene rings is 1. The number of nitrogen functional groups attached to an aromatic ring is 1. The minimum Gasteiger partial charge on any atom is -0.494 e. The van der Waals surface area contributed by atoms with E-state index in [1.165, 1.54) is 17.4 Å². The van der Waals surface area contributed by atoms with Gasteiger partial charge in [-0.1, -0.05) is 0 Å². The lowest BCUT2D eigenvalue weighted by molar-refractivity contribution is 0.339. The van der Waals surface area contributed by atoms with Gasteiger partial charge in [0, 0.05) is 16.1 Å². The summed E-state index contributed by atoms with van der Waals surface area (Å²) >= 11 is 1.42. The highest BCUT2D eigenvalue weighted by atomic mass is 32.1. The van der Waals surface area contributed by atoms with E-state index in [-0.39, 0.29) is 5.82 Å². The fraction of sp³-hybridized carbons (Fsp3) is 0.200. The lowest BCUT2D eigenvalue weighted by atomic mass is 10.2. The second-order valence-corrected chi connectivity index (χ2v) is 3.81. The van der Waals surface area contributed by atoms with E-state index in [0.29, 0.717) is 23.4 Å². The Balaban J connectivity index is 2.62. The maximum absolute atomic E-state index is 13.5. The first-order chi connectivity index (χ1) is 6.72. The van der Waals surface area contributed by atoms with Crippen LogP contribution in [0, 0.1) is 5.82 Å². The van der Waals surface area contributed by atoms with Crippen molar-refractivity contribution >= 4 is 27.1 Å². The molecule has 14 heavy (non-hydrogen) atoms. The zero-order chi connectivity index (χ0) is 10.1. The van der Waals surface area contributed by atoms with E-state index in [0.717, 1.165) is 4.70 Å². The molecule has 0 fully saturated rings. The first kappa shape index (κ1) is 9.27. The zero-order valence-corrected chi connectivity index (χ0v) is 8.53. The summed E-state index contributed by atoms with van der Waals surface area (Å²) in [4.78, 5) is 0. The molecule has 0 saturated carbocycles. The van der Waals surface area contributed by atoms with Gasteiger partial charge in [-0.15, -0.1) is 11.3 Å². The van der Waals surface area contributed by atoms with Gasteiger partial charge in [0.25, 0.3) is 0 Å². The minimum atomic E-state index is -0.315. The van der Waals surface area contributed by atoms with Crippen molar-refractivity contribution in [1.82, 2.24) is 0 Å². The van der Waals surface area contributed by atoms with Crippen LogP contribution in [0.25, 0.3) is 10.1 Å². The molecule has 2 N–H and O–H groups in total. The average Bonchev–Trinajstić information content (AvgIpc) is 2.48. The number of thiophene rings is 1. The van der Waals surface area contributed by atoms with Gasteiger partial charge in [0.05, 0.1) is 17.7 Å². The summed E-state index contributed by atoms with van der Waals surface area (Å²) in [7, 11) is 0. The topological polar surface area (TPSA) is 35.2 Å². The highest BCUT2D eigenvalue weighted by molar-refractivity contribution is 7.17. The van der Waals surface area contributed by atoms with Crippen molar-refractivity contribution in [2.24, 2.45) is 0 Å². The SMILES string of the molecule is CCOc1cc(F)c2c(N)csc2c1. The summed E-state index contributed by atoms with van der Waals surface area (Å²) in [5, 5.41) is 2.24. The van der Waals surface area contributed by atoms with Crippen LogP contribution in [0.15, 0.2) is 17.5 Å². The molecule has 1 aromatic heterocycles. The Kier molecular flexibility index (Phi) is 2.29. The van der Waals surface area contributed by atoms with E-state index in [4.69, 9.17) is 10.5 Å².